The van der Waals surface area contributed by atoms with Crippen LogP contribution in [-0.4, -0.2) is 38.2 Å². The van der Waals surface area contributed by atoms with Gasteiger partial charge in [-0.05, 0) is 37.1 Å². The monoisotopic (exact) mass is 310 g/mol. The fourth-order valence-electron chi connectivity index (χ4n) is 3.18. The minimum atomic E-state index is 0.931. The van der Waals surface area contributed by atoms with E-state index in [2.05, 4.69) is 60.0 Å². The van der Waals surface area contributed by atoms with Gasteiger partial charge in [-0.15, -0.1) is 0 Å². The number of methoxy groups -OCH3 is 1. The van der Waals surface area contributed by atoms with Crippen molar-refractivity contribution < 1.29 is 4.74 Å². The van der Waals surface area contributed by atoms with E-state index < -0.39 is 0 Å². The summed E-state index contributed by atoms with van der Waals surface area (Å²) < 4.78 is 5.33. The first-order valence-corrected chi connectivity index (χ1v) is 8.33. The van der Waals surface area contributed by atoms with Crippen molar-refractivity contribution in [1.82, 2.24) is 4.90 Å². The van der Waals surface area contributed by atoms with E-state index in [4.69, 9.17) is 4.74 Å². The molecular weight excluding hydrogens is 284 g/mol. The molecule has 3 heteroatoms. The van der Waals surface area contributed by atoms with Crippen molar-refractivity contribution in [3.8, 4) is 5.75 Å². The molecule has 0 aliphatic carbocycles. The van der Waals surface area contributed by atoms with Gasteiger partial charge >= 0.3 is 0 Å². The van der Waals surface area contributed by atoms with Crippen molar-refractivity contribution in [2.24, 2.45) is 0 Å². The van der Waals surface area contributed by atoms with Crippen LogP contribution in [0.3, 0.4) is 0 Å². The fourth-order valence-corrected chi connectivity index (χ4v) is 3.18. The highest BCUT2D eigenvalue weighted by atomic mass is 16.5. The van der Waals surface area contributed by atoms with Crippen LogP contribution in [0.15, 0.2) is 42.5 Å². The van der Waals surface area contributed by atoms with Crippen molar-refractivity contribution in [3.05, 3.63) is 59.2 Å². The van der Waals surface area contributed by atoms with E-state index in [0.717, 1.165) is 38.5 Å². The molecule has 122 valence electrons. The zero-order chi connectivity index (χ0) is 16.2. The molecule has 0 atom stereocenters. The van der Waals surface area contributed by atoms with E-state index in [0.29, 0.717) is 0 Å². The maximum absolute atomic E-state index is 5.33. The van der Waals surface area contributed by atoms with E-state index in [1.807, 2.05) is 6.07 Å². The predicted octanol–water partition coefficient (Wildman–Crippen LogP) is 3.63. The maximum atomic E-state index is 5.33. The van der Waals surface area contributed by atoms with Crippen molar-refractivity contribution in [1.29, 1.82) is 0 Å². The molecule has 0 aromatic heterocycles. The van der Waals surface area contributed by atoms with Crippen LogP contribution >= 0.6 is 0 Å². The number of aryl methyl sites for hydroxylation is 2. The molecule has 1 saturated heterocycles. The second kappa shape index (κ2) is 7.05. The minimum absolute atomic E-state index is 0.931. The molecule has 1 aliphatic heterocycles. The Hall–Kier alpha value is -2.00. The molecule has 2 aromatic carbocycles. The topological polar surface area (TPSA) is 15.7 Å². The average Bonchev–Trinajstić information content (AvgIpc) is 2.59. The lowest BCUT2D eigenvalue weighted by molar-refractivity contribution is 0.249. The first kappa shape index (κ1) is 15.9. The molecule has 0 amide bonds. The van der Waals surface area contributed by atoms with E-state index in [9.17, 15) is 0 Å². The van der Waals surface area contributed by atoms with Crippen molar-refractivity contribution in [3.63, 3.8) is 0 Å². The van der Waals surface area contributed by atoms with Gasteiger partial charge in [-0.2, -0.15) is 0 Å². The summed E-state index contributed by atoms with van der Waals surface area (Å²) in [5.41, 5.74) is 5.46. The van der Waals surface area contributed by atoms with Crippen molar-refractivity contribution in [2.45, 2.75) is 20.4 Å². The standard InChI is InChI=1S/C20H26N2O/c1-16-7-8-17(2)18(13-16)15-21-9-11-22(12-10-21)19-5-4-6-20(14-19)23-3/h4-8,13-14H,9-12,15H2,1-3H3. The molecule has 1 fully saturated rings. The molecule has 0 bridgehead atoms. The van der Waals surface area contributed by atoms with Gasteiger partial charge < -0.3 is 9.64 Å². The highest BCUT2D eigenvalue weighted by molar-refractivity contribution is 5.51. The SMILES string of the molecule is COc1cccc(N2CCN(Cc3cc(C)ccc3C)CC2)c1. The molecular formula is C20H26N2O. The fraction of sp³-hybridized carbons (Fsp3) is 0.400. The first-order chi connectivity index (χ1) is 11.2. The minimum Gasteiger partial charge on any atom is -0.497 e. The summed E-state index contributed by atoms with van der Waals surface area (Å²) in [7, 11) is 1.72. The maximum Gasteiger partial charge on any atom is 0.120 e. The molecule has 0 radical (unpaired) electrons. The molecule has 0 saturated carbocycles. The zero-order valence-corrected chi connectivity index (χ0v) is 14.4. The number of rotatable bonds is 4. The van der Waals surface area contributed by atoms with Crippen LogP contribution in [0.2, 0.25) is 0 Å². The highest BCUT2D eigenvalue weighted by Crippen LogP contribution is 2.23. The molecule has 3 rings (SSSR count). The van der Waals surface area contributed by atoms with Gasteiger partial charge in [0.15, 0.2) is 0 Å². The van der Waals surface area contributed by atoms with E-state index in [-0.39, 0.29) is 0 Å². The number of hydrogen-bond acceptors (Lipinski definition) is 3. The molecule has 0 N–H and O–H groups in total. The van der Waals surface area contributed by atoms with Gasteiger partial charge in [-0.25, -0.2) is 0 Å². The Bertz CT molecular complexity index is 660. The van der Waals surface area contributed by atoms with Crippen LogP contribution in [0.4, 0.5) is 5.69 Å². The second-order valence-electron chi connectivity index (χ2n) is 6.39. The van der Waals surface area contributed by atoms with Gasteiger partial charge in [0.1, 0.15) is 5.75 Å². The lowest BCUT2D eigenvalue weighted by Gasteiger charge is -2.36. The summed E-state index contributed by atoms with van der Waals surface area (Å²) in [6.45, 7) is 9.77. The second-order valence-corrected chi connectivity index (χ2v) is 6.39. The number of nitrogens with zero attached hydrogens (tertiary/aromatic N) is 2. The van der Waals surface area contributed by atoms with Crippen molar-refractivity contribution in [2.75, 3.05) is 38.2 Å². The van der Waals surface area contributed by atoms with Gasteiger partial charge in [0.2, 0.25) is 0 Å². The Kier molecular flexibility index (Phi) is 4.87. The first-order valence-electron chi connectivity index (χ1n) is 8.33. The van der Waals surface area contributed by atoms with E-state index >= 15 is 0 Å². The quantitative estimate of drug-likeness (QED) is 0.857. The van der Waals surface area contributed by atoms with Crippen LogP contribution in [0.25, 0.3) is 0 Å². The van der Waals surface area contributed by atoms with Gasteiger partial charge in [0.25, 0.3) is 0 Å². The molecule has 1 aliphatic rings. The summed E-state index contributed by atoms with van der Waals surface area (Å²) >= 11 is 0. The highest BCUT2D eigenvalue weighted by Gasteiger charge is 2.18. The average molecular weight is 310 g/mol. The summed E-state index contributed by atoms with van der Waals surface area (Å²) in [6, 6.07) is 15.1. The van der Waals surface area contributed by atoms with Gasteiger partial charge in [-0.1, -0.05) is 29.8 Å². The molecule has 2 aromatic rings. The third-order valence-electron chi connectivity index (χ3n) is 4.69. The molecule has 23 heavy (non-hydrogen) atoms. The van der Waals surface area contributed by atoms with Crippen molar-refractivity contribution >= 4 is 5.69 Å². The zero-order valence-electron chi connectivity index (χ0n) is 14.4. The number of ether oxygens (including phenoxy) is 1. The predicted molar refractivity (Wildman–Crippen MR) is 96.4 cm³/mol. The van der Waals surface area contributed by atoms with E-state index in [1.54, 1.807) is 7.11 Å². The number of anilines is 1. The largest absolute Gasteiger partial charge is 0.497 e. The summed E-state index contributed by atoms with van der Waals surface area (Å²) in [4.78, 5) is 5.00. The molecule has 0 unspecified atom stereocenters. The van der Waals surface area contributed by atoms with E-state index in [1.165, 1.54) is 22.4 Å². The van der Waals surface area contributed by atoms with Gasteiger partial charge in [-0.3, -0.25) is 4.90 Å². The number of piperazine rings is 1. The summed E-state index contributed by atoms with van der Waals surface area (Å²) in [6.07, 6.45) is 0. The van der Waals surface area contributed by atoms with Gasteiger partial charge in [0.05, 0.1) is 7.11 Å². The Morgan fingerprint density at radius 3 is 2.48 bits per heavy atom. The molecule has 0 spiro atoms. The Morgan fingerprint density at radius 1 is 0.957 bits per heavy atom. The van der Waals surface area contributed by atoms with Crippen LogP contribution in [0, 0.1) is 13.8 Å². The van der Waals surface area contributed by atoms with Crippen LogP contribution < -0.4 is 9.64 Å². The Balaban J connectivity index is 1.61. The van der Waals surface area contributed by atoms with Gasteiger partial charge in [0, 0.05) is 44.5 Å². The smallest absolute Gasteiger partial charge is 0.120 e. The third kappa shape index (κ3) is 3.85. The lowest BCUT2D eigenvalue weighted by Crippen LogP contribution is -2.46. The van der Waals surface area contributed by atoms with Crippen LogP contribution in [-0.2, 0) is 6.54 Å². The normalized spacial score (nSPS) is 15.7. The number of benzene rings is 2. The molecule has 3 nitrogen and oxygen atoms in total. The molecule has 1 heterocycles. The summed E-state index contributed by atoms with van der Waals surface area (Å²) in [5, 5.41) is 0. The van der Waals surface area contributed by atoms with Crippen LogP contribution in [0.1, 0.15) is 16.7 Å². The lowest BCUT2D eigenvalue weighted by atomic mass is 10.0. The summed E-state index contributed by atoms with van der Waals surface area (Å²) in [5.74, 6) is 0.931. The number of hydrogen-bond donors (Lipinski definition) is 0. The van der Waals surface area contributed by atoms with Crippen LogP contribution in [0.5, 0.6) is 5.75 Å². The third-order valence-corrected chi connectivity index (χ3v) is 4.69. The Morgan fingerprint density at radius 2 is 1.74 bits per heavy atom. The Labute approximate surface area is 139 Å².